The van der Waals surface area contributed by atoms with E-state index in [1.54, 1.807) is 0 Å². The number of aromatic nitrogens is 4. The van der Waals surface area contributed by atoms with Crippen LogP contribution in [0.15, 0.2) is 6.33 Å². The molecule has 0 spiro atoms. The highest BCUT2D eigenvalue weighted by molar-refractivity contribution is 7.54. The Morgan fingerprint density at radius 1 is 1.06 bits per heavy atom. The van der Waals surface area contributed by atoms with E-state index < -0.39 is 62.3 Å². The lowest BCUT2D eigenvalue weighted by molar-refractivity contribution is -0.146. The molecule has 1 aliphatic heterocycles. The molecule has 0 unspecified atom stereocenters. The minimum atomic E-state index is -4.27. The van der Waals surface area contributed by atoms with Gasteiger partial charge in [-0.3, -0.25) is 18.7 Å². The number of aliphatic hydroxyl groups is 2. The summed E-state index contributed by atoms with van der Waals surface area (Å²) in [6.45, 7) is 16.0. The number of ether oxygens (including phenoxy) is 4. The van der Waals surface area contributed by atoms with Crippen LogP contribution in [0.4, 0.5) is 5.95 Å². The van der Waals surface area contributed by atoms with E-state index in [1.807, 2.05) is 41.5 Å². The van der Waals surface area contributed by atoms with Crippen LogP contribution in [-0.2, 0) is 32.9 Å². The van der Waals surface area contributed by atoms with Gasteiger partial charge >= 0.3 is 19.6 Å². The minimum absolute atomic E-state index is 0.0739. The number of rotatable bonds is 15. The van der Waals surface area contributed by atoms with Gasteiger partial charge in [-0.2, -0.15) is 9.97 Å². The van der Waals surface area contributed by atoms with Crippen LogP contribution >= 0.6 is 7.67 Å². The molecule has 6 N–H and O–H groups in total. The minimum Gasteiger partial charge on any atom is -0.479 e. The maximum absolute atomic E-state index is 14.2. The first-order valence-corrected chi connectivity index (χ1v) is 17.4. The maximum atomic E-state index is 14.2. The van der Waals surface area contributed by atoms with Crippen LogP contribution in [0.1, 0.15) is 81.4 Å². The van der Waals surface area contributed by atoms with Gasteiger partial charge in [-0.1, -0.05) is 41.5 Å². The highest BCUT2D eigenvalue weighted by Gasteiger charge is 2.54. The molecule has 48 heavy (non-hydrogen) atoms. The zero-order valence-electron chi connectivity index (χ0n) is 29.5. The quantitative estimate of drug-likeness (QED) is 0.133. The standard InChI is InChI=1S/C30H52N7O10P/c1-17(24(39)44-13-11-28(3,4)5)35-48(42,36-18(2)25(40)45-14-12-29(6,7)8)46-15-19-21(38)30(9,41)26(47-19)37-16-32-20-22(37)33-27(31)34-23(20)43-10/h16-19,21,26,38,41H,11-15H2,1-10H3,(H2,31,33,34)(H2,35,36,42)/t17-,18-,19+,21+,26+,30+/m0/s1. The first-order chi connectivity index (χ1) is 22.1. The molecular formula is C30H52N7O10P. The Morgan fingerprint density at radius 3 is 2.06 bits per heavy atom. The average molecular weight is 702 g/mol. The highest BCUT2D eigenvalue weighted by Crippen LogP contribution is 2.44. The molecule has 3 heterocycles. The van der Waals surface area contributed by atoms with Crippen molar-refractivity contribution in [3.63, 3.8) is 0 Å². The van der Waals surface area contributed by atoms with Crippen LogP contribution in [0, 0.1) is 10.8 Å². The van der Waals surface area contributed by atoms with E-state index in [0.29, 0.717) is 12.8 Å². The molecule has 6 atom stereocenters. The number of nitrogens with zero attached hydrogens (tertiary/aromatic N) is 4. The lowest BCUT2D eigenvalue weighted by atomic mass is 9.93. The van der Waals surface area contributed by atoms with Crippen molar-refractivity contribution >= 4 is 36.7 Å². The topological polar surface area (TPSA) is 231 Å². The molecule has 0 amide bonds. The van der Waals surface area contributed by atoms with Crippen molar-refractivity contribution in [1.29, 1.82) is 0 Å². The summed E-state index contributed by atoms with van der Waals surface area (Å²) >= 11 is 0. The Morgan fingerprint density at radius 2 is 1.58 bits per heavy atom. The lowest BCUT2D eigenvalue weighted by Crippen LogP contribution is -2.45. The SMILES string of the molecule is COc1nc(N)nc2c1ncn2[C@@H]1O[C@H](COP(=O)(N[C@@H](C)C(=O)OCCC(C)(C)C)N[C@@H](C)C(=O)OCCC(C)(C)C)[C@@H](O)[C@@]1(C)O. The van der Waals surface area contributed by atoms with Crippen molar-refractivity contribution in [3.8, 4) is 5.88 Å². The van der Waals surface area contributed by atoms with Crippen molar-refractivity contribution < 1.29 is 47.8 Å². The Balaban J connectivity index is 1.80. The third kappa shape index (κ3) is 10.3. The predicted octanol–water partition coefficient (Wildman–Crippen LogP) is 2.47. The maximum Gasteiger partial charge on any atom is 0.342 e. The van der Waals surface area contributed by atoms with Gasteiger partial charge in [-0.05, 0) is 44.4 Å². The zero-order valence-corrected chi connectivity index (χ0v) is 30.4. The monoisotopic (exact) mass is 701 g/mol. The van der Waals surface area contributed by atoms with Crippen LogP contribution in [0.3, 0.4) is 0 Å². The third-order valence-corrected chi connectivity index (χ3v) is 9.62. The number of hydrogen-bond donors (Lipinski definition) is 5. The molecule has 17 nitrogen and oxygen atoms in total. The number of anilines is 1. The van der Waals surface area contributed by atoms with E-state index in [4.69, 9.17) is 29.2 Å². The highest BCUT2D eigenvalue weighted by atomic mass is 31.2. The van der Waals surface area contributed by atoms with E-state index >= 15 is 0 Å². The number of aliphatic hydroxyl groups excluding tert-OH is 1. The van der Waals surface area contributed by atoms with Gasteiger partial charge < -0.3 is 39.4 Å². The Labute approximate surface area is 281 Å². The number of imidazole rings is 1. The molecule has 2 aromatic heterocycles. The molecule has 0 aromatic carbocycles. The summed E-state index contributed by atoms with van der Waals surface area (Å²) in [5.41, 5.74) is 4.17. The fraction of sp³-hybridized carbons (Fsp3) is 0.767. The smallest absolute Gasteiger partial charge is 0.342 e. The fourth-order valence-electron chi connectivity index (χ4n) is 4.67. The van der Waals surface area contributed by atoms with Crippen molar-refractivity contribution in [2.75, 3.05) is 32.7 Å². The van der Waals surface area contributed by atoms with E-state index in [1.165, 1.54) is 38.8 Å². The Bertz CT molecular complexity index is 1430. The molecule has 1 fully saturated rings. The number of hydrogen-bond acceptors (Lipinski definition) is 14. The van der Waals surface area contributed by atoms with Gasteiger partial charge in [0.25, 0.3) is 0 Å². The molecule has 1 saturated heterocycles. The molecule has 0 aliphatic carbocycles. The Kier molecular flexibility index (Phi) is 12.6. The number of fused-ring (bicyclic) bond motifs is 1. The molecule has 3 rings (SSSR count). The van der Waals surface area contributed by atoms with E-state index in [-0.39, 0.29) is 47.0 Å². The first kappa shape index (κ1) is 39.5. The second-order valence-electron chi connectivity index (χ2n) is 14.6. The molecule has 0 bridgehead atoms. The molecule has 272 valence electrons. The summed E-state index contributed by atoms with van der Waals surface area (Å²) in [6.07, 6.45) is -1.53. The molecule has 18 heteroatoms. The lowest BCUT2D eigenvalue weighted by Gasteiger charge is -2.28. The molecule has 2 aromatic rings. The summed E-state index contributed by atoms with van der Waals surface area (Å²) in [4.78, 5) is 38.0. The molecule has 0 saturated carbocycles. The normalized spacial score (nSPS) is 23.2. The van der Waals surface area contributed by atoms with Crippen LogP contribution in [0.5, 0.6) is 5.88 Å². The first-order valence-electron chi connectivity index (χ1n) is 15.8. The van der Waals surface area contributed by atoms with E-state index in [9.17, 15) is 24.4 Å². The zero-order chi connectivity index (χ0) is 36.2. The second kappa shape index (κ2) is 15.3. The predicted molar refractivity (Wildman–Crippen MR) is 176 cm³/mol. The van der Waals surface area contributed by atoms with Crippen LogP contribution in [0.2, 0.25) is 0 Å². The molecule has 0 radical (unpaired) electrons. The number of methoxy groups -OCH3 is 1. The Hall–Kier alpha value is -2.92. The summed E-state index contributed by atoms with van der Waals surface area (Å²) in [7, 11) is -2.89. The van der Waals surface area contributed by atoms with Crippen LogP contribution in [0.25, 0.3) is 11.2 Å². The third-order valence-electron chi connectivity index (χ3n) is 7.66. The number of nitrogen functional groups attached to an aromatic ring is 1. The molecule has 1 aliphatic rings. The summed E-state index contributed by atoms with van der Waals surface area (Å²) in [5.74, 6) is -1.39. The number of nitrogens with two attached hydrogens (primary N) is 1. The van der Waals surface area contributed by atoms with Crippen molar-refractivity contribution in [2.24, 2.45) is 10.8 Å². The number of nitrogens with one attached hydrogen (secondary N) is 2. The summed E-state index contributed by atoms with van der Waals surface area (Å²) in [6, 6.07) is -2.26. The van der Waals surface area contributed by atoms with Gasteiger partial charge in [0, 0.05) is 0 Å². The van der Waals surface area contributed by atoms with Crippen LogP contribution in [-0.4, -0.2) is 98.5 Å². The van der Waals surface area contributed by atoms with E-state index in [2.05, 4.69) is 25.1 Å². The van der Waals surface area contributed by atoms with Gasteiger partial charge in [-0.25, -0.2) is 15.2 Å². The fourth-order valence-corrected chi connectivity index (χ4v) is 6.48. The number of carbonyl (C=O) groups excluding carboxylic acids is 2. The summed E-state index contributed by atoms with van der Waals surface area (Å²) < 4.78 is 43.3. The van der Waals surface area contributed by atoms with Gasteiger partial charge in [0.15, 0.2) is 17.4 Å². The van der Waals surface area contributed by atoms with Crippen molar-refractivity contribution in [3.05, 3.63) is 6.33 Å². The summed E-state index contributed by atoms with van der Waals surface area (Å²) in [5, 5.41) is 27.7. The molecular weight excluding hydrogens is 649 g/mol. The van der Waals surface area contributed by atoms with Gasteiger partial charge in [0.1, 0.15) is 29.9 Å². The van der Waals surface area contributed by atoms with Crippen LogP contribution < -0.4 is 20.6 Å². The largest absolute Gasteiger partial charge is 0.479 e. The van der Waals surface area contributed by atoms with Gasteiger partial charge in [-0.15, -0.1) is 0 Å². The average Bonchev–Trinajstić information content (AvgIpc) is 3.47. The van der Waals surface area contributed by atoms with E-state index in [0.717, 1.165) is 0 Å². The van der Waals surface area contributed by atoms with Crippen molar-refractivity contribution in [2.45, 2.75) is 111 Å². The second-order valence-corrected chi connectivity index (χ2v) is 16.5. The number of esters is 2. The number of carbonyl (C=O) groups is 2. The van der Waals surface area contributed by atoms with Gasteiger partial charge in [0.05, 0.1) is 33.3 Å². The van der Waals surface area contributed by atoms with Gasteiger partial charge in [0.2, 0.25) is 11.8 Å². The van der Waals surface area contributed by atoms with Crippen molar-refractivity contribution in [1.82, 2.24) is 29.7 Å².